The van der Waals surface area contributed by atoms with Crippen LogP contribution in [0.25, 0.3) is 10.4 Å². The van der Waals surface area contributed by atoms with E-state index in [-0.39, 0.29) is 18.9 Å². The number of nitrogens with zero attached hydrogens (tertiary/aromatic N) is 4. The molecule has 0 aliphatic carbocycles. The summed E-state index contributed by atoms with van der Waals surface area (Å²) in [5.74, 6) is -1.10. The van der Waals surface area contributed by atoms with Gasteiger partial charge in [-0.05, 0) is 30.5 Å². The molecule has 1 heterocycles. The smallest absolute Gasteiger partial charge is 0.303 e. The van der Waals surface area contributed by atoms with Crippen LogP contribution in [0.1, 0.15) is 35.3 Å². The first-order chi connectivity index (χ1) is 9.63. The fourth-order valence-electron chi connectivity index (χ4n) is 1.46. The molecule has 106 valence electrons. The Balaban J connectivity index is 2.35. The summed E-state index contributed by atoms with van der Waals surface area (Å²) in [7, 11) is 0. The van der Waals surface area contributed by atoms with Crippen molar-refractivity contribution in [2.75, 3.05) is 6.54 Å². The highest BCUT2D eigenvalue weighted by atomic mass is 16.4. The van der Waals surface area contributed by atoms with Gasteiger partial charge in [-0.15, -0.1) is 0 Å². The molecule has 1 aromatic rings. The molecule has 0 saturated heterocycles. The van der Waals surface area contributed by atoms with Crippen molar-refractivity contribution in [1.82, 2.24) is 10.3 Å². The number of hydrogen-bond donors (Lipinski definition) is 2. The lowest BCUT2D eigenvalue weighted by atomic mass is 10.2. The molecule has 1 rings (SSSR count). The van der Waals surface area contributed by atoms with Crippen LogP contribution in [0.3, 0.4) is 0 Å². The lowest BCUT2D eigenvalue weighted by Gasteiger charge is -2.04. The number of carbonyl (C=O) groups is 2. The fraction of sp³-hybridized carbons (Fsp3) is 0.417. The average molecular weight is 277 g/mol. The summed E-state index contributed by atoms with van der Waals surface area (Å²) in [5, 5.41) is 14.5. The van der Waals surface area contributed by atoms with E-state index >= 15 is 0 Å². The number of carboxylic acids is 1. The van der Waals surface area contributed by atoms with Gasteiger partial charge in [0.2, 0.25) is 0 Å². The van der Waals surface area contributed by atoms with Crippen LogP contribution in [0.5, 0.6) is 0 Å². The van der Waals surface area contributed by atoms with Gasteiger partial charge in [-0.3, -0.25) is 14.6 Å². The second kappa shape index (κ2) is 8.49. The standard InChI is InChI=1S/C12H15N5O3/c13-17-16-8-10-5-4-9(7-15-10)12(20)14-6-2-1-3-11(18)19/h4-5,7H,1-3,6,8H2,(H,14,20)(H,18,19). The maximum absolute atomic E-state index is 11.7. The third-order valence-electron chi connectivity index (χ3n) is 2.49. The zero-order valence-electron chi connectivity index (χ0n) is 10.8. The molecule has 2 N–H and O–H groups in total. The largest absolute Gasteiger partial charge is 0.481 e. The van der Waals surface area contributed by atoms with Crippen molar-refractivity contribution in [1.29, 1.82) is 0 Å². The molecule has 0 radical (unpaired) electrons. The molecule has 0 unspecified atom stereocenters. The molecular weight excluding hydrogens is 262 g/mol. The number of carbonyl (C=O) groups excluding carboxylic acids is 1. The zero-order valence-corrected chi connectivity index (χ0v) is 10.8. The van der Waals surface area contributed by atoms with Gasteiger partial charge in [0.15, 0.2) is 0 Å². The van der Waals surface area contributed by atoms with Crippen molar-refractivity contribution >= 4 is 11.9 Å². The van der Waals surface area contributed by atoms with Crippen LogP contribution in [0.15, 0.2) is 23.4 Å². The first-order valence-electron chi connectivity index (χ1n) is 6.09. The van der Waals surface area contributed by atoms with Gasteiger partial charge in [0.25, 0.3) is 5.91 Å². The van der Waals surface area contributed by atoms with Crippen molar-refractivity contribution in [2.45, 2.75) is 25.8 Å². The highest BCUT2D eigenvalue weighted by molar-refractivity contribution is 5.93. The maximum Gasteiger partial charge on any atom is 0.303 e. The van der Waals surface area contributed by atoms with Crippen LogP contribution < -0.4 is 5.32 Å². The summed E-state index contributed by atoms with van der Waals surface area (Å²) >= 11 is 0. The first kappa shape index (κ1) is 15.5. The normalized spacial score (nSPS) is 9.60. The fourth-order valence-corrected chi connectivity index (χ4v) is 1.46. The molecule has 20 heavy (non-hydrogen) atoms. The molecule has 0 atom stereocenters. The number of unbranched alkanes of at least 4 members (excludes halogenated alkanes) is 1. The molecule has 0 fully saturated rings. The van der Waals surface area contributed by atoms with Crippen molar-refractivity contribution in [3.63, 3.8) is 0 Å². The molecule has 1 aromatic heterocycles. The minimum absolute atomic E-state index is 0.103. The Hall–Kier alpha value is -2.60. The van der Waals surface area contributed by atoms with Crippen LogP contribution >= 0.6 is 0 Å². The molecule has 0 aromatic carbocycles. The molecule has 0 spiro atoms. The number of pyridine rings is 1. The van der Waals surface area contributed by atoms with E-state index in [9.17, 15) is 9.59 Å². The summed E-state index contributed by atoms with van der Waals surface area (Å²) in [6.45, 7) is 0.570. The minimum Gasteiger partial charge on any atom is -0.481 e. The Kier molecular flexibility index (Phi) is 6.56. The maximum atomic E-state index is 11.7. The van der Waals surface area contributed by atoms with E-state index < -0.39 is 5.97 Å². The van der Waals surface area contributed by atoms with Gasteiger partial charge >= 0.3 is 5.97 Å². The van der Waals surface area contributed by atoms with Crippen LogP contribution in [-0.4, -0.2) is 28.5 Å². The highest BCUT2D eigenvalue weighted by Gasteiger charge is 2.05. The van der Waals surface area contributed by atoms with Gasteiger partial charge in [-0.2, -0.15) is 0 Å². The Labute approximate surface area is 115 Å². The number of aliphatic carboxylic acids is 1. The number of amides is 1. The summed E-state index contributed by atoms with van der Waals surface area (Å²) in [6.07, 6.45) is 2.65. The predicted octanol–water partition coefficient (Wildman–Crippen LogP) is 1.88. The molecule has 0 aliphatic rings. The van der Waals surface area contributed by atoms with Crippen molar-refractivity contribution in [3.8, 4) is 0 Å². The molecule has 0 saturated carbocycles. The average Bonchev–Trinajstić information content (AvgIpc) is 2.44. The number of carboxylic acid groups (broad SMARTS) is 1. The van der Waals surface area contributed by atoms with Crippen LogP contribution in [0.4, 0.5) is 0 Å². The summed E-state index contributed by atoms with van der Waals surface area (Å²) in [6, 6.07) is 3.22. The van der Waals surface area contributed by atoms with Crippen LogP contribution in [-0.2, 0) is 11.3 Å². The summed E-state index contributed by atoms with van der Waals surface area (Å²) in [4.78, 5) is 28.6. The third kappa shape index (κ3) is 5.83. The van der Waals surface area contributed by atoms with E-state index in [1.54, 1.807) is 12.1 Å². The molecular formula is C12H15N5O3. The van der Waals surface area contributed by atoms with Crippen LogP contribution in [0.2, 0.25) is 0 Å². The number of azide groups is 1. The second-order valence-corrected chi connectivity index (χ2v) is 4.03. The van der Waals surface area contributed by atoms with Gasteiger partial charge in [0.05, 0.1) is 12.1 Å². The Morgan fingerprint density at radius 2 is 2.20 bits per heavy atom. The van der Waals surface area contributed by atoms with Crippen molar-refractivity contribution in [3.05, 3.63) is 40.0 Å². The molecule has 0 bridgehead atoms. The Bertz CT molecular complexity index is 508. The monoisotopic (exact) mass is 277 g/mol. The van der Waals surface area contributed by atoms with E-state index in [0.29, 0.717) is 30.6 Å². The lowest BCUT2D eigenvalue weighted by molar-refractivity contribution is -0.137. The summed E-state index contributed by atoms with van der Waals surface area (Å²) < 4.78 is 0. The summed E-state index contributed by atoms with van der Waals surface area (Å²) in [5.41, 5.74) is 9.17. The van der Waals surface area contributed by atoms with E-state index in [0.717, 1.165) is 0 Å². The number of hydrogen-bond acceptors (Lipinski definition) is 4. The van der Waals surface area contributed by atoms with Gasteiger partial charge in [0.1, 0.15) is 0 Å². The second-order valence-electron chi connectivity index (χ2n) is 4.03. The van der Waals surface area contributed by atoms with Gasteiger partial charge in [-0.1, -0.05) is 5.11 Å². The van der Waals surface area contributed by atoms with Crippen molar-refractivity contribution in [2.24, 2.45) is 5.11 Å². The minimum atomic E-state index is -0.837. The van der Waals surface area contributed by atoms with Crippen molar-refractivity contribution < 1.29 is 14.7 Å². The Morgan fingerprint density at radius 1 is 1.40 bits per heavy atom. The topological polar surface area (TPSA) is 128 Å². The SMILES string of the molecule is [N-]=[N+]=NCc1ccc(C(=O)NCCCCC(=O)O)cn1. The zero-order chi connectivity index (χ0) is 14.8. The molecule has 1 amide bonds. The number of rotatable bonds is 8. The Morgan fingerprint density at radius 3 is 2.80 bits per heavy atom. The van der Waals surface area contributed by atoms with E-state index in [2.05, 4.69) is 20.3 Å². The number of aromatic nitrogens is 1. The quantitative estimate of drug-likeness (QED) is 0.325. The van der Waals surface area contributed by atoms with Gasteiger partial charge in [0, 0.05) is 29.8 Å². The lowest BCUT2D eigenvalue weighted by Crippen LogP contribution is -2.24. The van der Waals surface area contributed by atoms with E-state index in [4.69, 9.17) is 10.6 Å². The number of nitrogens with one attached hydrogen (secondary N) is 1. The third-order valence-corrected chi connectivity index (χ3v) is 2.49. The van der Waals surface area contributed by atoms with Gasteiger partial charge < -0.3 is 10.4 Å². The first-order valence-corrected chi connectivity index (χ1v) is 6.09. The molecule has 0 aliphatic heterocycles. The molecule has 8 heteroatoms. The molecule has 8 nitrogen and oxygen atoms in total. The van der Waals surface area contributed by atoms with E-state index in [1.165, 1.54) is 6.20 Å². The van der Waals surface area contributed by atoms with Crippen LogP contribution in [0, 0.1) is 0 Å². The highest BCUT2D eigenvalue weighted by Crippen LogP contribution is 2.02. The van der Waals surface area contributed by atoms with E-state index in [1.807, 2.05) is 0 Å². The van der Waals surface area contributed by atoms with Gasteiger partial charge in [-0.25, -0.2) is 0 Å². The predicted molar refractivity (Wildman–Crippen MR) is 70.9 cm³/mol.